The van der Waals surface area contributed by atoms with Crippen LogP contribution in [0, 0.1) is 23.5 Å². The predicted octanol–water partition coefficient (Wildman–Crippen LogP) is 7.70. The largest absolute Gasteiger partial charge is 0.179 e. The molecule has 0 heterocycles. The van der Waals surface area contributed by atoms with Crippen LogP contribution in [0.1, 0.15) is 70.9 Å². The molecule has 0 aromatic heterocycles. The third kappa shape index (κ3) is 6.58. The van der Waals surface area contributed by atoms with Gasteiger partial charge in [-0.05, 0) is 6.42 Å². The summed E-state index contributed by atoms with van der Waals surface area (Å²) < 4.78 is 1.80. The van der Waals surface area contributed by atoms with Gasteiger partial charge in [-0.2, -0.15) is 41.5 Å². The summed E-state index contributed by atoms with van der Waals surface area (Å²) >= 11 is 1.69. The molecule has 0 spiro atoms. The Kier molecular flexibility index (Phi) is 8.41. The number of fused-ring (bicyclic) bond motifs is 3. The molecule has 0 N–H and O–H groups in total. The molecule has 1 unspecified atom stereocenters. The first-order valence-electron chi connectivity index (χ1n) is 11.3. The zero-order valence-corrected chi connectivity index (χ0v) is 21.5. The topological polar surface area (TPSA) is 0 Å². The molecule has 1 heteroatoms. The summed E-state index contributed by atoms with van der Waals surface area (Å²) in [4.78, 5) is 0. The molecule has 0 aliphatic heterocycles. The van der Waals surface area contributed by atoms with Crippen LogP contribution >= 0.6 is 0 Å². The first-order valence-corrected chi connectivity index (χ1v) is 12.5. The van der Waals surface area contributed by atoms with Gasteiger partial charge in [-0.15, -0.1) is 5.56 Å². The van der Waals surface area contributed by atoms with Crippen molar-refractivity contribution in [3.63, 3.8) is 0 Å². The van der Waals surface area contributed by atoms with Crippen LogP contribution in [-0.4, -0.2) is 3.21 Å². The quantitative estimate of drug-likeness (QED) is 0.293. The third-order valence-corrected chi connectivity index (χ3v) is 7.10. The van der Waals surface area contributed by atoms with E-state index in [9.17, 15) is 0 Å². The molecule has 3 aliphatic carbocycles. The van der Waals surface area contributed by atoms with Crippen LogP contribution in [-0.2, 0) is 30.7 Å². The summed E-state index contributed by atoms with van der Waals surface area (Å²) in [5.41, 5.74) is 7.23. The second kappa shape index (κ2) is 10.8. The number of benzene rings is 2. The molecular formula is C29H34Zr. The van der Waals surface area contributed by atoms with Gasteiger partial charge < -0.3 is 0 Å². The molecule has 1 saturated carbocycles. The summed E-state index contributed by atoms with van der Waals surface area (Å²) in [6.45, 7) is 8.86. The monoisotopic (exact) mass is 472 g/mol. The van der Waals surface area contributed by atoms with E-state index < -0.39 is 0 Å². The van der Waals surface area contributed by atoms with Crippen LogP contribution in [0.3, 0.4) is 0 Å². The molecule has 0 nitrogen and oxygen atoms in total. The van der Waals surface area contributed by atoms with Gasteiger partial charge in [-0.25, -0.2) is 6.08 Å². The zero-order valence-electron chi connectivity index (χ0n) is 19.0. The van der Waals surface area contributed by atoms with Gasteiger partial charge in [-0.1, -0.05) is 74.4 Å². The maximum atomic E-state index is 3.30. The maximum Gasteiger partial charge on any atom is -0.0253 e. The Morgan fingerprint density at radius 3 is 2.20 bits per heavy atom. The molecule has 3 aliphatic rings. The molecule has 0 radical (unpaired) electrons. The molecule has 0 bridgehead atoms. The van der Waals surface area contributed by atoms with Crippen LogP contribution in [0.5, 0.6) is 0 Å². The van der Waals surface area contributed by atoms with E-state index in [0.717, 1.165) is 6.42 Å². The van der Waals surface area contributed by atoms with Crippen molar-refractivity contribution < 1.29 is 24.2 Å². The fraction of sp³-hybridized carbons (Fsp3) is 0.414. The van der Waals surface area contributed by atoms with E-state index in [1.807, 2.05) is 6.07 Å². The van der Waals surface area contributed by atoms with Crippen molar-refractivity contribution in [1.82, 2.24) is 0 Å². The fourth-order valence-corrected chi connectivity index (χ4v) is 4.90. The Labute approximate surface area is 198 Å². The van der Waals surface area contributed by atoms with Crippen molar-refractivity contribution in [3.8, 4) is 11.1 Å². The van der Waals surface area contributed by atoms with Gasteiger partial charge in [0.05, 0.1) is 0 Å². The molecule has 1 atom stereocenters. The minimum absolute atomic E-state index is 0.303. The second-order valence-corrected chi connectivity index (χ2v) is 11.3. The predicted molar refractivity (Wildman–Crippen MR) is 126 cm³/mol. The summed E-state index contributed by atoms with van der Waals surface area (Å²) in [6, 6.07) is 18.1. The minimum atomic E-state index is 0.303. The fourth-order valence-electron chi connectivity index (χ4n) is 4.03. The average molecular weight is 474 g/mol. The molecule has 0 amide bonds. The van der Waals surface area contributed by atoms with Crippen molar-refractivity contribution in [2.24, 2.45) is 11.3 Å². The van der Waals surface area contributed by atoms with E-state index in [0.29, 0.717) is 11.3 Å². The Balaban J connectivity index is 0.000000135. The number of hydrogen-bond donors (Lipinski definition) is 0. The Bertz CT molecular complexity index is 872. The van der Waals surface area contributed by atoms with Crippen LogP contribution < -0.4 is 0 Å². The normalized spacial score (nSPS) is 19.1. The van der Waals surface area contributed by atoms with Gasteiger partial charge in [0, 0.05) is 0 Å². The van der Waals surface area contributed by atoms with Gasteiger partial charge in [0.25, 0.3) is 0 Å². The minimum Gasteiger partial charge on any atom is -0.179 e. The van der Waals surface area contributed by atoms with E-state index >= 15 is 0 Å². The third-order valence-electron chi connectivity index (χ3n) is 5.87. The van der Waals surface area contributed by atoms with E-state index in [-0.39, 0.29) is 0 Å². The summed E-state index contributed by atoms with van der Waals surface area (Å²) in [5.74, 6) is 0.522. The second-order valence-electron chi connectivity index (χ2n) is 9.53. The van der Waals surface area contributed by atoms with Crippen molar-refractivity contribution in [3.05, 3.63) is 83.5 Å². The van der Waals surface area contributed by atoms with Crippen LogP contribution in [0.4, 0.5) is 0 Å². The maximum absolute atomic E-state index is 3.30. The van der Waals surface area contributed by atoms with Crippen molar-refractivity contribution in [2.45, 2.75) is 66.2 Å². The van der Waals surface area contributed by atoms with Crippen molar-refractivity contribution >= 4 is 3.21 Å². The van der Waals surface area contributed by atoms with Gasteiger partial charge in [0.15, 0.2) is 0 Å². The molecular weight excluding hydrogens is 440 g/mol. The van der Waals surface area contributed by atoms with Gasteiger partial charge in [0.2, 0.25) is 0 Å². The molecule has 2 aromatic carbocycles. The Morgan fingerprint density at radius 2 is 1.63 bits per heavy atom. The van der Waals surface area contributed by atoms with Crippen LogP contribution in [0.25, 0.3) is 11.1 Å². The van der Waals surface area contributed by atoms with E-state index in [1.54, 1.807) is 27.4 Å². The summed E-state index contributed by atoms with van der Waals surface area (Å²) in [7, 11) is 0. The Hall–Kier alpha value is -1.33. The first kappa shape index (κ1) is 23.3. The van der Waals surface area contributed by atoms with E-state index in [2.05, 4.69) is 88.4 Å². The van der Waals surface area contributed by atoms with Gasteiger partial charge in [-0.3, -0.25) is 6.08 Å². The van der Waals surface area contributed by atoms with Crippen molar-refractivity contribution in [2.75, 3.05) is 0 Å². The van der Waals surface area contributed by atoms with Gasteiger partial charge >= 0.3 is 59.5 Å². The molecule has 1 fully saturated rings. The standard InChI is InChI=1S/C13H9.C10H15.C6H10.Zr/c1-3-7-12-10(5-1)9-11-6-2-4-8-13(11)12;1-8-5-6-9(7-8)10(2,3)4;1-2-4-6-5-3-1;/h1-5,7-8H,9H2;6-8H,1-4H3;1-5H2;/q2*-1;;+2. The summed E-state index contributed by atoms with van der Waals surface area (Å²) in [5, 5.41) is 0. The molecule has 0 saturated heterocycles. The van der Waals surface area contributed by atoms with Crippen LogP contribution in [0.2, 0.25) is 0 Å². The van der Waals surface area contributed by atoms with Gasteiger partial charge in [0.1, 0.15) is 0 Å². The van der Waals surface area contributed by atoms with Crippen molar-refractivity contribution in [1.29, 1.82) is 0 Å². The number of allylic oxidation sites excluding steroid dienone is 4. The molecule has 5 rings (SSSR count). The van der Waals surface area contributed by atoms with E-state index in [4.69, 9.17) is 0 Å². The number of rotatable bonds is 0. The zero-order chi connectivity index (χ0) is 21.6. The molecule has 154 valence electrons. The summed E-state index contributed by atoms with van der Waals surface area (Å²) in [6.07, 6.45) is 16.0. The van der Waals surface area contributed by atoms with Crippen LogP contribution in [0.15, 0.2) is 60.2 Å². The first-order chi connectivity index (χ1) is 14.3. The molecule has 2 aromatic rings. The number of hydrogen-bond acceptors (Lipinski definition) is 0. The average Bonchev–Trinajstić information content (AvgIpc) is 3.33. The SMILES string of the molecule is CC1[C-]=CC(C(C)(C)C)=C1.[Zr+2]=[C]1CCCCC1.[c-]1cccc2c1Cc1ccccc1-2. The van der Waals surface area contributed by atoms with E-state index in [1.165, 1.54) is 59.9 Å². The Morgan fingerprint density at radius 1 is 0.933 bits per heavy atom. The smallest absolute Gasteiger partial charge is 0.0253 e. The molecule has 30 heavy (non-hydrogen) atoms.